The second kappa shape index (κ2) is 11.7. The minimum absolute atomic E-state index is 0.231. The monoisotopic (exact) mass is 691 g/mol. The predicted octanol–water partition coefficient (Wildman–Crippen LogP) is 12.6. The molecule has 11 rings (SSSR count). The van der Waals surface area contributed by atoms with Gasteiger partial charge in [-0.05, 0) is 85.8 Å². The maximum absolute atomic E-state index is 6.79. The zero-order valence-corrected chi connectivity index (χ0v) is 30.0. The fourth-order valence-corrected chi connectivity index (χ4v) is 9.80. The molecule has 1 aliphatic heterocycles. The van der Waals surface area contributed by atoms with Crippen LogP contribution in [0.2, 0.25) is 0 Å². The first-order valence-electron chi connectivity index (χ1n) is 18.9. The average molecular weight is 692 g/mol. The van der Waals surface area contributed by atoms with Gasteiger partial charge in [0.05, 0.1) is 11.1 Å². The van der Waals surface area contributed by atoms with E-state index in [1.807, 2.05) is 0 Å². The SMILES string of the molecule is CC1(c2ccccc2)c2ccccc2-c2ccc(-c3ccc(C4Nc5c(ccc6c5C(c5ccccc5)(c5ccccc5)c5ccccc5-6)O4)cc3)cc21. The first-order valence-corrected chi connectivity index (χ1v) is 18.9. The normalized spacial score (nSPS) is 18.1. The van der Waals surface area contributed by atoms with Crippen molar-refractivity contribution < 1.29 is 4.74 Å². The molecule has 0 bridgehead atoms. The molecule has 1 heterocycles. The van der Waals surface area contributed by atoms with Gasteiger partial charge in [0.15, 0.2) is 6.23 Å². The summed E-state index contributed by atoms with van der Waals surface area (Å²) in [6.45, 7) is 2.38. The minimum atomic E-state index is -0.504. The van der Waals surface area contributed by atoms with Gasteiger partial charge in [0, 0.05) is 16.5 Å². The van der Waals surface area contributed by atoms with Crippen molar-refractivity contribution in [3.8, 4) is 39.1 Å². The number of anilines is 1. The largest absolute Gasteiger partial charge is 0.464 e. The predicted molar refractivity (Wildman–Crippen MR) is 220 cm³/mol. The number of rotatable bonds is 5. The highest BCUT2D eigenvalue weighted by Gasteiger charge is 2.49. The van der Waals surface area contributed by atoms with Crippen LogP contribution in [0.1, 0.15) is 57.7 Å². The molecule has 1 N–H and O–H groups in total. The summed E-state index contributed by atoms with van der Waals surface area (Å²) in [6, 6.07) is 70.9. The molecule has 0 aromatic heterocycles. The number of ether oxygens (including phenoxy) is 1. The third-order valence-corrected chi connectivity index (χ3v) is 12.3. The van der Waals surface area contributed by atoms with Crippen molar-refractivity contribution in [1.29, 1.82) is 0 Å². The van der Waals surface area contributed by atoms with Crippen LogP contribution in [0.15, 0.2) is 194 Å². The number of benzene rings is 8. The van der Waals surface area contributed by atoms with E-state index in [4.69, 9.17) is 4.74 Å². The molecule has 8 aromatic rings. The molecule has 3 aliphatic rings. The standard InChI is InChI=1S/C52H37NO/c1-51(37-15-5-2-6-16-37)44-23-13-11-21-40(44)42-30-29-36(33-46(42)51)34-25-27-35(28-26-34)50-53-49-47(54-50)32-31-43-41-22-12-14-24-45(41)52(48(43)49,38-17-7-3-8-18-38)39-19-9-4-10-20-39/h2-33,50,53H,1H3. The Hall–Kier alpha value is -6.64. The van der Waals surface area contributed by atoms with Gasteiger partial charge < -0.3 is 10.1 Å². The molecule has 0 fully saturated rings. The highest BCUT2D eigenvalue weighted by atomic mass is 16.5. The van der Waals surface area contributed by atoms with Gasteiger partial charge in [0.2, 0.25) is 0 Å². The summed E-state index contributed by atoms with van der Waals surface area (Å²) < 4.78 is 6.79. The van der Waals surface area contributed by atoms with E-state index in [2.05, 4.69) is 206 Å². The van der Waals surface area contributed by atoms with Gasteiger partial charge in [-0.15, -0.1) is 0 Å². The lowest BCUT2D eigenvalue weighted by molar-refractivity contribution is 0.260. The second-order valence-corrected chi connectivity index (χ2v) is 15.0. The lowest BCUT2D eigenvalue weighted by Gasteiger charge is -2.34. The van der Waals surface area contributed by atoms with Crippen LogP contribution in [0.4, 0.5) is 5.69 Å². The van der Waals surface area contributed by atoms with Crippen molar-refractivity contribution in [3.63, 3.8) is 0 Å². The molecular weight excluding hydrogens is 655 g/mol. The van der Waals surface area contributed by atoms with E-state index >= 15 is 0 Å². The van der Waals surface area contributed by atoms with E-state index in [0.29, 0.717) is 0 Å². The molecule has 54 heavy (non-hydrogen) atoms. The number of fused-ring (bicyclic) bond motifs is 8. The fraction of sp³-hybridized carbons (Fsp3) is 0.0769. The topological polar surface area (TPSA) is 21.3 Å². The van der Waals surface area contributed by atoms with Crippen LogP contribution in [0.3, 0.4) is 0 Å². The summed E-state index contributed by atoms with van der Waals surface area (Å²) in [5, 5.41) is 3.89. The molecule has 2 unspecified atom stereocenters. The van der Waals surface area contributed by atoms with Gasteiger partial charge in [0.1, 0.15) is 5.75 Å². The Morgan fingerprint density at radius 2 is 0.963 bits per heavy atom. The molecule has 0 saturated carbocycles. The van der Waals surface area contributed by atoms with E-state index in [1.54, 1.807) is 0 Å². The third-order valence-electron chi connectivity index (χ3n) is 12.3. The molecule has 256 valence electrons. The average Bonchev–Trinajstić information content (AvgIpc) is 3.90. The van der Waals surface area contributed by atoms with Crippen molar-refractivity contribution in [2.75, 3.05) is 5.32 Å². The van der Waals surface area contributed by atoms with Gasteiger partial charge in [-0.25, -0.2) is 0 Å². The molecule has 0 saturated heterocycles. The van der Waals surface area contributed by atoms with Crippen LogP contribution in [0, 0.1) is 0 Å². The van der Waals surface area contributed by atoms with Crippen LogP contribution in [0.25, 0.3) is 33.4 Å². The molecule has 2 aliphatic carbocycles. The highest BCUT2D eigenvalue weighted by Crippen LogP contribution is 2.61. The first kappa shape index (κ1) is 30.9. The Morgan fingerprint density at radius 3 is 1.63 bits per heavy atom. The fourth-order valence-electron chi connectivity index (χ4n) is 9.80. The summed E-state index contributed by atoms with van der Waals surface area (Å²) in [5.74, 6) is 0.880. The van der Waals surface area contributed by atoms with Crippen LogP contribution >= 0.6 is 0 Å². The summed E-state index contributed by atoms with van der Waals surface area (Å²) in [5.41, 5.74) is 18.0. The molecule has 2 nitrogen and oxygen atoms in total. The molecule has 0 radical (unpaired) electrons. The van der Waals surface area contributed by atoms with Crippen molar-refractivity contribution in [3.05, 3.63) is 239 Å². The van der Waals surface area contributed by atoms with E-state index in [1.165, 1.54) is 72.3 Å². The smallest absolute Gasteiger partial charge is 0.196 e. The zero-order chi connectivity index (χ0) is 35.9. The number of hydrogen-bond acceptors (Lipinski definition) is 2. The summed E-state index contributed by atoms with van der Waals surface area (Å²) in [7, 11) is 0. The Morgan fingerprint density at radius 1 is 0.444 bits per heavy atom. The van der Waals surface area contributed by atoms with Crippen molar-refractivity contribution in [2.24, 2.45) is 0 Å². The molecule has 8 aromatic carbocycles. The highest BCUT2D eigenvalue weighted by molar-refractivity contribution is 5.93. The van der Waals surface area contributed by atoms with E-state index < -0.39 is 5.41 Å². The van der Waals surface area contributed by atoms with Gasteiger partial charge in [-0.2, -0.15) is 0 Å². The number of hydrogen-bond donors (Lipinski definition) is 1. The lowest BCUT2D eigenvalue weighted by atomic mass is 9.67. The Bertz CT molecular complexity index is 2680. The van der Waals surface area contributed by atoms with Crippen LogP contribution < -0.4 is 10.1 Å². The lowest BCUT2D eigenvalue weighted by Crippen LogP contribution is -2.29. The van der Waals surface area contributed by atoms with Crippen molar-refractivity contribution in [2.45, 2.75) is 24.0 Å². The van der Waals surface area contributed by atoms with Gasteiger partial charge in [0.25, 0.3) is 0 Å². The maximum Gasteiger partial charge on any atom is 0.196 e. The Balaban J connectivity index is 0.979. The first-order chi connectivity index (χ1) is 26.7. The Labute approximate surface area is 316 Å². The molecule has 0 amide bonds. The summed E-state index contributed by atoms with van der Waals surface area (Å²) in [4.78, 5) is 0. The van der Waals surface area contributed by atoms with Crippen molar-refractivity contribution >= 4 is 5.69 Å². The van der Waals surface area contributed by atoms with Gasteiger partial charge in [-0.1, -0.05) is 182 Å². The van der Waals surface area contributed by atoms with Crippen LogP contribution in [-0.4, -0.2) is 0 Å². The van der Waals surface area contributed by atoms with E-state index in [0.717, 1.165) is 17.0 Å². The van der Waals surface area contributed by atoms with E-state index in [9.17, 15) is 0 Å². The van der Waals surface area contributed by atoms with Crippen LogP contribution in [-0.2, 0) is 10.8 Å². The summed E-state index contributed by atoms with van der Waals surface area (Å²) >= 11 is 0. The molecule has 0 spiro atoms. The summed E-state index contributed by atoms with van der Waals surface area (Å²) in [6.07, 6.45) is -0.315. The Kier molecular flexibility index (Phi) is 6.69. The minimum Gasteiger partial charge on any atom is -0.464 e. The molecule has 2 heteroatoms. The molecular formula is C52H37NO. The zero-order valence-electron chi connectivity index (χ0n) is 30.0. The maximum atomic E-state index is 6.79. The number of nitrogens with one attached hydrogen (secondary N) is 1. The van der Waals surface area contributed by atoms with Crippen LogP contribution in [0.5, 0.6) is 5.75 Å². The second-order valence-electron chi connectivity index (χ2n) is 15.0. The van der Waals surface area contributed by atoms with E-state index in [-0.39, 0.29) is 11.6 Å². The molecule has 2 atom stereocenters. The van der Waals surface area contributed by atoms with Crippen molar-refractivity contribution in [1.82, 2.24) is 0 Å². The van der Waals surface area contributed by atoms with Gasteiger partial charge in [-0.3, -0.25) is 0 Å². The quantitative estimate of drug-likeness (QED) is 0.194. The third kappa shape index (κ3) is 4.22. The van der Waals surface area contributed by atoms with Gasteiger partial charge >= 0.3 is 0 Å².